The fourth-order valence-corrected chi connectivity index (χ4v) is 6.23. The first kappa shape index (κ1) is 40.4. The Balaban J connectivity index is 3.08. The monoisotopic (exact) mass is 619 g/mol. The number of unbranched alkanes of at least 4 members (excludes halogenated alkanes) is 22. The van der Waals surface area contributed by atoms with Crippen LogP contribution in [0.25, 0.3) is 0 Å². The van der Waals surface area contributed by atoms with Crippen LogP contribution in [0.3, 0.4) is 0 Å². The van der Waals surface area contributed by atoms with Crippen molar-refractivity contribution in [1.29, 1.82) is 0 Å². The van der Waals surface area contributed by atoms with Crippen molar-refractivity contribution in [2.45, 2.75) is 207 Å². The van der Waals surface area contributed by atoms with Gasteiger partial charge in [-0.3, -0.25) is 0 Å². The number of benzene rings is 1. The number of aromatic hydroxyl groups is 2. The van der Waals surface area contributed by atoms with Gasteiger partial charge in [0.25, 0.3) is 0 Å². The van der Waals surface area contributed by atoms with E-state index in [1.165, 1.54) is 122 Å². The second kappa shape index (κ2) is 28.9. The standard InChI is InChI=1S/C40H74O4/c1-5-9-13-17-19-21-23-27-31-35-36(32-28-24-22-20-18-14-10-6-2)39(43-33-29-25-15-11-7-3)40(38(42)37(35)41)44-34-30-26-16-12-8-4/h41-42H,5-34H2,1-4H3. The average Bonchev–Trinajstić information content (AvgIpc) is 3.03. The van der Waals surface area contributed by atoms with Gasteiger partial charge in [0, 0.05) is 11.1 Å². The molecule has 2 N–H and O–H groups in total. The number of rotatable bonds is 32. The van der Waals surface area contributed by atoms with Gasteiger partial charge in [0.2, 0.25) is 11.5 Å². The minimum Gasteiger partial charge on any atom is -0.504 e. The summed E-state index contributed by atoms with van der Waals surface area (Å²) >= 11 is 0. The van der Waals surface area contributed by atoms with E-state index in [0.29, 0.717) is 24.7 Å². The molecule has 0 fully saturated rings. The Labute approximate surface area is 274 Å². The Morgan fingerprint density at radius 3 is 1.07 bits per heavy atom. The van der Waals surface area contributed by atoms with Gasteiger partial charge in [0.05, 0.1) is 13.2 Å². The van der Waals surface area contributed by atoms with Crippen molar-refractivity contribution in [3.05, 3.63) is 11.1 Å². The lowest BCUT2D eigenvalue weighted by Crippen LogP contribution is -2.09. The highest BCUT2D eigenvalue weighted by molar-refractivity contribution is 5.66. The third-order valence-corrected chi connectivity index (χ3v) is 9.12. The highest BCUT2D eigenvalue weighted by Crippen LogP contribution is 2.50. The van der Waals surface area contributed by atoms with Crippen molar-refractivity contribution < 1.29 is 19.7 Å². The van der Waals surface area contributed by atoms with Crippen LogP contribution in [0.4, 0.5) is 0 Å². The zero-order chi connectivity index (χ0) is 32.1. The van der Waals surface area contributed by atoms with E-state index in [0.717, 1.165) is 68.9 Å². The van der Waals surface area contributed by atoms with Crippen molar-refractivity contribution in [3.8, 4) is 23.0 Å². The zero-order valence-corrected chi connectivity index (χ0v) is 29.9. The Morgan fingerprint density at radius 2 is 0.659 bits per heavy atom. The van der Waals surface area contributed by atoms with Gasteiger partial charge in [-0.15, -0.1) is 0 Å². The number of hydrogen-bond acceptors (Lipinski definition) is 4. The summed E-state index contributed by atoms with van der Waals surface area (Å²) in [6.45, 7) is 10.2. The first-order valence-electron chi connectivity index (χ1n) is 19.5. The summed E-state index contributed by atoms with van der Waals surface area (Å²) in [5.74, 6) is 0.996. The summed E-state index contributed by atoms with van der Waals surface area (Å²) in [5, 5.41) is 22.6. The molecule has 1 aromatic rings. The molecule has 0 bridgehead atoms. The lowest BCUT2D eigenvalue weighted by Gasteiger charge is -2.22. The third-order valence-electron chi connectivity index (χ3n) is 9.12. The van der Waals surface area contributed by atoms with Gasteiger partial charge in [-0.1, -0.05) is 169 Å². The van der Waals surface area contributed by atoms with Gasteiger partial charge in [-0.05, 0) is 38.5 Å². The van der Waals surface area contributed by atoms with Crippen LogP contribution < -0.4 is 9.47 Å². The summed E-state index contributed by atoms with van der Waals surface area (Å²) in [7, 11) is 0. The summed E-state index contributed by atoms with van der Waals surface area (Å²) in [6.07, 6.45) is 33.4. The van der Waals surface area contributed by atoms with Crippen LogP contribution in [0.1, 0.15) is 206 Å². The van der Waals surface area contributed by atoms with Crippen molar-refractivity contribution in [3.63, 3.8) is 0 Å². The minimum atomic E-state index is -0.117. The second-order valence-corrected chi connectivity index (χ2v) is 13.3. The molecule has 0 saturated carbocycles. The smallest absolute Gasteiger partial charge is 0.207 e. The summed E-state index contributed by atoms with van der Waals surface area (Å²) in [6, 6.07) is 0. The number of phenolic OH excluding ortho intramolecular Hbond substituents is 2. The van der Waals surface area contributed by atoms with Crippen LogP contribution in [0.5, 0.6) is 23.0 Å². The van der Waals surface area contributed by atoms with Crippen molar-refractivity contribution in [2.75, 3.05) is 13.2 Å². The molecule has 258 valence electrons. The lowest BCUT2D eigenvalue weighted by atomic mass is 9.93. The molecule has 0 radical (unpaired) electrons. The van der Waals surface area contributed by atoms with E-state index in [9.17, 15) is 10.2 Å². The van der Waals surface area contributed by atoms with Gasteiger partial charge >= 0.3 is 0 Å². The summed E-state index contributed by atoms with van der Waals surface area (Å²) in [4.78, 5) is 0. The molecular formula is C40H74O4. The minimum absolute atomic E-state index is 0.0267. The predicted molar refractivity (Wildman–Crippen MR) is 191 cm³/mol. The fourth-order valence-electron chi connectivity index (χ4n) is 6.23. The van der Waals surface area contributed by atoms with Crippen molar-refractivity contribution in [1.82, 2.24) is 0 Å². The molecule has 0 aliphatic carbocycles. The van der Waals surface area contributed by atoms with Crippen LogP contribution >= 0.6 is 0 Å². The maximum Gasteiger partial charge on any atom is 0.207 e. The van der Waals surface area contributed by atoms with E-state index in [1.807, 2.05) is 0 Å². The van der Waals surface area contributed by atoms with E-state index in [-0.39, 0.29) is 11.5 Å². The number of ether oxygens (including phenoxy) is 2. The summed E-state index contributed by atoms with van der Waals surface area (Å²) < 4.78 is 12.8. The Morgan fingerprint density at radius 1 is 0.341 bits per heavy atom. The van der Waals surface area contributed by atoms with E-state index >= 15 is 0 Å². The predicted octanol–water partition coefficient (Wildman–Crippen LogP) is 13.2. The van der Waals surface area contributed by atoms with Gasteiger partial charge in [0.1, 0.15) is 0 Å². The Kier molecular flexibility index (Phi) is 26.5. The molecule has 0 saturated heterocycles. The van der Waals surface area contributed by atoms with Crippen LogP contribution in [0.15, 0.2) is 0 Å². The molecule has 0 aliphatic heterocycles. The molecule has 44 heavy (non-hydrogen) atoms. The molecule has 0 amide bonds. The molecule has 0 aromatic heterocycles. The molecular weight excluding hydrogens is 544 g/mol. The highest BCUT2D eigenvalue weighted by Gasteiger charge is 2.26. The number of phenols is 2. The zero-order valence-electron chi connectivity index (χ0n) is 29.9. The SMILES string of the molecule is CCCCCCCCCCc1c(O)c(O)c(OCCCCCCC)c(OCCCCCCC)c1CCCCCCCCCC. The molecule has 1 rings (SSSR count). The fraction of sp³-hybridized carbons (Fsp3) is 0.850. The van der Waals surface area contributed by atoms with Crippen molar-refractivity contribution >= 4 is 0 Å². The van der Waals surface area contributed by atoms with Crippen LogP contribution in [0.2, 0.25) is 0 Å². The Hall–Kier alpha value is -1.58. The van der Waals surface area contributed by atoms with E-state index in [1.54, 1.807) is 0 Å². The average molecular weight is 619 g/mol. The molecule has 0 spiro atoms. The van der Waals surface area contributed by atoms with Crippen molar-refractivity contribution in [2.24, 2.45) is 0 Å². The molecule has 1 aromatic carbocycles. The van der Waals surface area contributed by atoms with Crippen LogP contribution in [-0.4, -0.2) is 23.4 Å². The second-order valence-electron chi connectivity index (χ2n) is 13.3. The molecule has 0 unspecified atom stereocenters. The molecule has 0 atom stereocenters. The quantitative estimate of drug-likeness (QED) is 0.0623. The largest absolute Gasteiger partial charge is 0.504 e. The maximum atomic E-state index is 11.4. The molecule has 4 nitrogen and oxygen atoms in total. The van der Waals surface area contributed by atoms with Gasteiger partial charge in [-0.2, -0.15) is 0 Å². The first-order valence-corrected chi connectivity index (χ1v) is 19.5. The molecule has 4 heteroatoms. The van der Waals surface area contributed by atoms with Gasteiger partial charge < -0.3 is 19.7 Å². The number of hydrogen-bond donors (Lipinski definition) is 2. The first-order chi connectivity index (χ1) is 21.6. The normalized spacial score (nSPS) is 11.4. The van der Waals surface area contributed by atoms with Gasteiger partial charge in [-0.25, -0.2) is 0 Å². The third kappa shape index (κ3) is 18.4. The molecule has 0 aliphatic rings. The van der Waals surface area contributed by atoms with E-state index in [2.05, 4.69) is 27.7 Å². The van der Waals surface area contributed by atoms with Crippen LogP contribution in [-0.2, 0) is 12.8 Å². The van der Waals surface area contributed by atoms with Crippen LogP contribution in [0, 0.1) is 0 Å². The Bertz CT molecular complexity index is 790. The van der Waals surface area contributed by atoms with E-state index in [4.69, 9.17) is 9.47 Å². The lowest BCUT2D eigenvalue weighted by molar-refractivity contribution is 0.242. The maximum absolute atomic E-state index is 11.4. The highest BCUT2D eigenvalue weighted by atomic mass is 16.5. The molecule has 0 heterocycles. The van der Waals surface area contributed by atoms with Gasteiger partial charge in [0.15, 0.2) is 11.5 Å². The summed E-state index contributed by atoms with van der Waals surface area (Å²) in [5.41, 5.74) is 1.98. The van der Waals surface area contributed by atoms with E-state index < -0.39 is 0 Å². The topological polar surface area (TPSA) is 58.9 Å².